The van der Waals surface area contributed by atoms with Gasteiger partial charge in [0.1, 0.15) is 22.6 Å². The summed E-state index contributed by atoms with van der Waals surface area (Å²) in [5.74, 6) is -0.269. The molecule has 0 bridgehead atoms. The summed E-state index contributed by atoms with van der Waals surface area (Å²) in [6.07, 6.45) is 3.17. The number of benzene rings is 2. The van der Waals surface area contributed by atoms with Gasteiger partial charge in [0.05, 0.1) is 29.6 Å². The SMILES string of the molecule is CCn1cc(S(=O)(=O)N2CC(C(C)NS(C)(=O)=O)Oc3ccc(C=C(C)c4c(F)cccc4Cl)cc32)c(Cl)n1. The van der Waals surface area contributed by atoms with Gasteiger partial charge in [0.2, 0.25) is 10.0 Å². The van der Waals surface area contributed by atoms with Crippen LogP contribution < -0.4 is 13.8 Å². The molecule has 1 aliphatic heterocycles. The number of nitrogens with zero attached hydrogens (tertiary/aromatic N) is 3. The summed E-state index contributed by atoms with van der Waals surface area (Å²) in [5.41, 5.74) is 1.53. The number of hydrogen-bond acceptors (Lipinski definition) is 6. The molecule has 2 unspecified atom stereocenters. The summed E-state index contributed by atoms with van der Waals surface area (Å²) >= 11 is 12.4. The second-order valence-corrected chi connectivity index (χ2v) is 13.5. The lowest BCUT2D eigenvalue weighted by Crippen LogP contribution is -2.52. The molecular formula is C25H27Cl2FN4O5S2. The van der Waals surface area contributed by atoms with Gasteiger partial charge in [-0.2, -0.15) is 5.10 Å². The van der Waals surface area contributed by atoms with Gasteiger partial charge in [-0.25, -0.2) is 25.9 Å². The molecule has 4 rings (SSSR count). The zero-order valence-corrected chi connectivity index (χ0v) is 24.7. The lowest BCUT2D eigenvalue weighted by atomic mass is 10.0. The van der Waals surface area contributed by atoms with E-state index in [9.17, 15) is 21.2 Å². The minimum absolute atomic E-state index is 0.190. The van der Waals surface area contributed by atoms with Crippen LogP contribution in [0.3, 0.4) is 0 Å². The smallest absolute Gasteiger partial charge is 0.269 e. The van der Waals surface area contributed by atoms with Gasteiger partial charge < -0.3 is 4.74 Å². The molecule has 1 N–H and O–H groups in total. The topological polar surface area (TPSA) is 111 Å². The molecule has 0 spiro atoms. The highest BCUT2D eigenvalue weighted by molar-refractivity contribution is 7.93. The van der Waals surface area contributed by atoms with Crippen molar-refractivity contribution in [2.45, 2.75) is 44.4 Å². The summed E-state index contributed by atoms with van der Waals surface area (Å²) in [6, 6.07) is 8.49. The monoisotopic (exact) mass is 616 g/mol. The lowest BCUT2D eigenvalue weighted by molar-refractivity contribution is 0.169. The molecule has 210 valence electrons. The average molecular weight is 618 g/mol. The number of allylic oxidation sites excluding steroid dienone is 1. The fourth-order valence-electron chi connectivity index (χ4n) is 4.31. The number of aromatic nitrogens is 2. The Morgan fingerprint density at radius 3 is 2.59 bits per heavy atom. The Morgan fingerprint density at radius 2 is 1.97 bits per heavy atom. The van der Waals surface area contributed by atoms with Crippen LogP contribution in [0.5, 0.6) is 5.75 Å². The molecule has 0 aliphatic carbocycles. The zero-order valence-electron chi connectivity index (χ0n) is 21.5. The van der Waals surface area contributed by atoms with E-state index >= 15 is 0 Å². The number of hydrogen-bond donors (Lipinski definition) is 1. The molecule has 2 aromatic carbocycles. The Kier molecular flexibility index (Phi) is 8.34. The van der Waals surface area contributed by atoms with Gasteiger partial charge in [-0.1, -0.05) is 41.4 Å². The fourth-order valence-corrected chi connectivity index (χ4v) is 7.38. The van der Waals surface area contributed by atoms with E-state index in [1.807, 2.05) is 0 Å². The first kappa shape index (κ1) is 29.3. The van der Waals surface area contributed by atoms with Crippen molar-refractivity contribution < 1.29 is 26.0 Å². The number of aryl methyl sites for hydroxylation is 1. The summed E-state index contributed by atoms with van der Waals surface area (Å²) in [5, 5.41) is 4.10. The van der Waals surface area contributed by atoms with Crippen molar-refractivity contribution in [2.75, 3.05) is 17.1 Å². The van der Waals surface area contributed by atoms with E-state index in [0.29, 0.717) is 17.7 Å². The Balaban J connectivity index is 1.82. The van der Waals surface area contributed by atoms with E-state index in [0.717, 1.165) is 10.6 Å². The first-order chi connectivity index (χ1) is 18.2. The van der Waals surface area contributed by atoms with Gasteiger partial charge in [-0.05, 0) is 56.2 Å². The summed E-state index contributed by atoms with van der Waals surface area (Å²) in [4.78, 5) is -0.198. The maximum atomic E-state index is 14.5. The Labute approximate surface area is 237 Å². The van der Waals surface area contributed by atoms with Crippen molar-refractivity contribution in [3.63, 3.8) is 0 Å². The molecule has 0 radical (unpaired) electrons. The van der Waals surface area contributed by atoms with Gasteiger partial charge in [0, 0.05) is 18.3 Å². The number of ether oxygens (including phenoxy) is 1. The minimum Gasteiger partial charge on any atom is -0.485 e. The number of sulfonamides is 2. The zero-order chi connectivity index (χ0) is 28.7. The molecule has 0 fully saturated rings. The molecular weight excluding hydrogens is 590 g/mol. The van der Waals surface area contributed by atoms with Gasteiger partial charge in [-0.15, -0.1) is 0 Å². The van der Waals surface area contributed by atoms with Gasteiger partial charge >= 0.3 is 0 Å². The van der Waals surface area contributed by atoms with Crippen molar-refractivity contribution in [1.82, 2.24) is 14.5 Å². The Bertz CT molecular complexity index is 1640. The maximum Gasteiger partial charge on any atom is 0.269 e. The van der Waals surface area contributed by atoms with E-state index in [1.165, 1.54) is 23.0 Å². The van der Waals surface area contributed by atoms with E-state index in [4.69, 9.17) is 27.9 Å². The molecule has 0 saturated carbocycles. The van der Waals surface area contributed by atoms with Crippen molar-refractivity contribution in [3.8, 4) is 5.75 Å². The second-order valence-electron chi connectivity index (χ2n) is 9.16. The summed E-state index contributed by atoms with van der Waals surface area (Å²) in [7, 11) is -7.85. The highest BCUT2D eigenvalue weighted by Crippen LogP contribution is 2.40. The molecule has 0 amide bonds. The van der Waals surface area contributed by atoms with Crippen LogP contribution in [0.4, 0.5) is 10.1 Å². The molecule has 0 saturated heterocycles. The van der Waals surface area contributed by atoms with Crippen molar-refractivity contribution in [2.24, 2.45) is 0 Å². The third kappa shape index (κ3) is 6.25. The molecule has 1 aromatic heterocycles. The highest BCUT2D eigenvalue weighted by atomic mass is 35.5. The van der Waals surface area contributed by atoms with Crippen LogP contribution in [0, 0.1) is 5.82 Å². The maximum absolute atomic E-state index is 14.5. The van der Waals surface area contributed by atoms with Crippen molar-refractivity contribution in [3.05, 3.63) is 69.7 Å². The third-order valence-electron chi connectivity index (χ3n) is 6.15. The molecule has 9 nitrogen and oxygen atoms in total. The first-order valence-corrected chi connectivity index (χ1v) is 16.0. The molecule has 2 atom stereocenters. The van der Waals surface area contributed by atoms with Crippen LogP contribution >= 0.6 is 23.2 Å². The minimum atomic E-state index is -4.26. The quantitative estimate of drug-likeness (QED) is 0.364. The number of fused-ring (bicyclic) bond motifs is 1. The number of rotatable bonds is 8. The van der Waals surface area contributed by atoms with E-state index in [-0.39, 0.29) is 38.6 Å². The van der Waals surface area contributed by atoms with Crippen molar-refractivity contribution >= 4 is 60.6 Å². The average Bonchev–Trinajstić information content (AvgIpc) is 3.23. The van der Waals surface area contributed by atoms with E-state index in [2.05, 4.69) is 9.82 Å². The summed E-state index contributed by atoms with van der Waals surface area (Å²) in [6.45, 7) is 5.27. The van der Waals surface area contributed by atoms with E-state index in [1.54, 1.807) is 51.1 Å². The van der Waals surface area contributed by atoms with Crippen LogP contribution in [0.2, 0.25) is 10.2 Å². The van der Waals surface area contributed by atoms with Crippen LogP contribution in [0.1, 0.15) is 31.9 Å². The number of nitrogens with one attached hydrogen (secondary N) is 1. The fraction of sp³-hybridized carbons (Fsp3) is 0.320. The molecule has 1 aliphatic rings. The first-order valence-electron chi connectivity index (χ1n) is 11.9. The standard InChI is InChI=1S/C25H27Cl2FN4O5S2/c1-5-31-14-23(25(27)29-31)39(35,36)32-13-22(16(3)30-38(4,33)34)37-21-10-9-17(12-20(21)32)11-15(2)24-18(26)7-6-8-19(24)28/h6-12,14,16,22,30H,5,13H2,1-4H3. The predicted molar refractivity (Wildman–Crippen MR) is 151 cm³/mol. The van der Waals surface area contributed by atoms with Gasteiger partial charge in [0.15, 0.2) is 5.15 Å². The molecule has 2 heterocycles. The van der Waals surface area contributed by atoms with Crippen molar-refractivity contribution in [1.29, 1.82) is 0 Å². The number of halogens is 3. The summed E-state index contributed by atoms with van der Waals surface area (Å²) < 4.78 is 77.0. The lowest BCUT2D eigenvalue weighted by Gasteiger charge is -2.37. The molecule has 39 heavy (non-hydrogen) atoms. The Morgan fingerprint density at radius 1 is 1.26 bits per heavy atom. The largest absolute Gasteiger partial charge is 0.485 e. The van der Waals surface area contributed by atoms with Crippen LogP contribution in [0.25, 0.3) is 11.6 Å². The predicted octanol–water partition coefficient (Wildman–Crippen LogP) is 4.80. The second kappa shape index (κ2) is 11.1. The number of anilines is 1. The van der Waals surface area contributed by atoms with Gasteiger partial charge in [-0.3, -0.25) is 8.99 Å². The highest BCUT2D eigenvalue weighted by Gasteiger charge is 2.39. The van der Waals surface area contributed by atoms with Crippen LogP contribution in [0.15, 0.2) is 47.5 Å². The normalized spacial score (nSPS) is 17.1. The van der Waals surface area contributed by atoms with Crippen LogP contribution in [-0.2, 0) is 26.6 Å². The molecule has 3 aromatic rings. The third-order valence-corrected chi connectivity index (χ3v) is 9.44. The van der Waals surface area contributed by atoms with E-state index < -0.39 is 38.0 Å². The van der Waals surface area contributed by atoms with Gasteiger partial charge in [0.25, 0.3) is 10.0 Å². The Hall–Kier alpha value is -2.64. The van der Waals surface area contributed by atoms with Crippen LogP contribution in [-0.4, -0.2) is 51.6 Å². The molecule has 14 heteroatoms.